The minimum absolute atomic E-state index is 0.126. The molecule has 3 N–H and O–H groups in total. The van der Waals surface area contributed by atoms with Crippen LogP contribution >= 0.6 is 0 Å². The zero-order chi connectivity index (χ0) is 60.5. The van der Waals surface area contributed by atoms with E-state index in [1.54, 1.807) is 6.08 Å². The number of amides is 1. The maximum absolute atomic E-state index is 12.5. The summed E-state index contributed by atoms with van der Waals surface area (Å²) in [6.07, 6.45) is 118. The van der Waals surface area contributed by atoms with Crippen molar-refractivity contribution in [2.45, 2.75) is 309 Å². The number of rotatable bonds is 62. The summed E-state index contributed by atoms with van der Waals surface area (Å²) in [7, 11) is 0. The highest BCUT2D eigenvalue weighted by Crippen LogP contribution is 2.16. The lowest BCUT2D eigenvalue weighted by molar-refractivity contribution is -0.123. The van der Waals surface area contributed by atoms with Crippen molar-refractivity contribution in [3.05, 3.63) is 182 Å². The third kappa shape index (κ3) is 68.3. The molecule has 0 spiro atoms. The van der Waals surface area contributed by atoms with E-state index in [1.165, 1.54) is 154 Å². The highest BCUT2D eigenvalue weighted by atomic mass is 16.3. The average molecular weight is 1150 g/mol. The molecule has 0 rings (SSSR count). The summed E-state index contributed by atoms with van der Waals surface area (Å²) in [6, 6.07) is -0.686. The molecule has 2 unspecified atom stereocenters. The third-order valence-electron chi connectivity index (χ3n) is 14.9. The standard InChI is InChI=1S/C80H131NO3/c1-3-5-7-9-11-13-15-17-19-21-23-25-27-29-31-33-35-37-38-39-40-41-42-44-46-48-50-52-54-56-58-60-62-64-66-68-70-72-74-76-80(84)81-78(77-82)79(83)75-73-71-69-67-65-63-61-59-57-55-53-51-49-47-45-43-36-34-32-30-28-26-24-22-20-18-16-14-12-10-8-6-4-2/h5,7,11,13,17,19,23,25,29,31,35,37,39-40,42,44,48,50,54,56-57,59-60,62,65-68,73,75,78-79,82-83H,3-4,6,8-10,12,14-16,18,20-22,24,26-28,30,32-34,36,38,41,43,45-47,49,51-53,55,58,61,63-64,69-72,74,76-77H2,1-2H3,(H,81,84)/b7-5-,13-11-,19-17-,25-23-,31-29-,37-35-,40-39-,44-42-,50-48-,56-54-,59-57+,62-60-,67-65+,68-66-,75-73+. The first kappa shape index (κ1) is 79.5. The Kier molecular flexibility index (Phi) is 68.8. The molecule has 0 heterocycles. The molecule has 4 heteroatoms. The Morgan fingerprint density at radius 1 is 0.298 bits per heavy atom. The Hall–Kier alpha value is -4.51. The minimum Gasteiger partial charge on any atom is -0.394 e. The van der Waals surface area contributed by atoms with Gasteiger partial charge in [-0.3, -0.25) is 4.79 Å². The molecule has 1 amide bonds. The summed E-state index contributed by atoms with van der Waals surface area (Å²) in [5.41, 5.74) is 0. The second-order valence-corrected chi connectivity index (χ2v) is 22.8. The molecule has 0 aliphatic carbocycles. The topological polar surface area (TPSA) is 69.6 Å². The first-order valence-corrected chi connectivity index (χ1v) is 35.0. The second kappa shape index (κ2) is 72.7. The molecule has 2 atom stereocenters. The summed E-state index contributed by atoms with van der Waals surface area (Å²) in [6.45, 7) is 4.17. The van der Waals surface area contributed by atoms with Crippen LogP contribution in [-0.2, 0) is 4.79 Å². The number of hydrogen-bond acceptors (Lipinski definition) is 3. The van der Waals surface area contributed by atoms with Crippen LogP contribution in [0.25, 0.3) is 0 Å². The summed E-state index contributed by atoms with van der Waals surface area (Å²) in [5.74, 6) is -0.126. The monoisotopic (exact) mass is 1150 g/mol. The van der Waals surface area contributed by atoms with Crippen molar-refractivity contribution in [1.82, 2.24) is 5.32 Å². The SMILES string of the molecule is CC/C=C\C/C=C\C/C=C\C/C=C\C/C=C\C/C=C\C/C=C\C/C=C\C/C=C\C/C=C\C/C=C\C/C=C\CCCCC(=O)NC(CO)C(O)/C=C/CC/C=C/CC/C=C/CCCCCCCCCCCCCCCCCCCCCCCCC. The maximum Gasteiger partial charge on any atom is 0.220 e. The number of carbonyl (C=O) groups is 1. The molecular formula is C80H131NO3. The molecule has 0 fully saturated rings. The number of nitrogens with one attached hydrogen (secondary N) is 1. The number of carbonyl (C=O) groups excluding carboxylic acids is 1. The first-order chi connectivity index (χ1) is 41.7. The number of aliphatic hydroxyl groups excluding tert-OH is 2. The molecule has 4 nitrogen and oxygen atoms in total. The van der Waals surface area contributed by atoms with Crippen LogP contribution in [0.1, 0.15) is 296 Å². The molecule has 0 bridgehead atoms. The van der Waals surface area contributed by atoms with Gasteiger partial charge in [0, 0.05) is 6.42 Å². The Morgan fingerprint density at radius 2 is 0.536 bits per heavy atom. The van der Waals surface area contributed by atoms with Crippen LogP contribution in [0.5, 0.6) is 0 Å². The Bertz CT molecular complexity index is 1840. The summed E-state index contributed by atoms with van der Waals surface area (Å²) in [5, 5.41) is 23.2. The lowest BCUT2D eigenvalue weighted by atomic mass is 10.0. The third-order valence-corrected chi connectivity index (χ3v) is 14.9. The minimum atomic E-state index is -0.905. The van der Waals surface area contributed by atoms with Gasteiger partial charge in [0.15, 0.2) is 0 Å². The summed E-state index contributed by atoms with van der Waals surface area (Å²) < 4.78 is 0. The van der Waals surface area contributed by atoms with E-state index in [9.17, 15) is 15.0 Å². The maximum atomic E-state index is 12.5. The predicted octanol–water partition coefficient (Wildman–Crippen LogP) is 24.4. The van der Waals surface area contributed by atoms with Gasteiger partial charge >= 0.3 is 0 Å². The molecule has 0 aromatic heterocycles. The van der Waals surface area contributed by atoms with E-state index in [0.717, 1.165) is 122 Å². The fourth-order valence-corrected chi connectivity index (χ4v) is 9.61. The van der Waals surface area contributed by atoms with E-state index in [4.69, 9.17) is 0 Å². The van der Waals surface area contributed by atoms with Gasteiger partial charge in [-0.2, -0.15) is 0 Å². The van der Waals surface area contributed by atoms with Gasteiger partial charge in [0.2, 0.25) is 5.91 Å². The normalized spacial score (nSPS) is 13.9. The Morgan fingerprint density at radius 3 is 0.833 bits per heavy atom. The van der Waals surface area contributed by atoms with Crippen LogP contribution in [0, 0.1) is 0 Å². The van der Waals surface area contributed by atoms with Crippen molar-refractivity contribution < 1.29 is 15.0 Å². The molecule has 84 heavy (non-hydrogen) atoms. The van der Waals surface area contributed by atoms with E-state index in [2.05, 4.69) is 189 Å². The highest BCUT2D eigenvalue weighted by Gasteiger charge is 2.18. The fourth-order valence-electron chi connectivity index (χ4n) is 9.61. The second-order valence-electron chi connectivity index (χ2n) is 22.8. The molecule has 0 aromatic carbocycles. The van der Waals surface area contributed by atoms with Crippen LogP contribution in [0.3, 0.4) is 0 Å². The Balaban J connectivity index is 3.70. The summed E-state index contributed by atoms with van der Waals surface area (Å²) >= 11 is 0. The van der Waals surface area contributed by atoms with Crippen molar-refractivity contribution in [1.29, 1.82) is 0 Å². The van der Waals surface area contributed by atoms with Gasteiger partial charge in [-0.15, -0.1) is 0 Å². The summed E-state index contributed by atoms with van der Waals surface area (Å²) in [4.78, 5) is 12.5. The van der Waals surface area contributed by atoms with Gasteiger partial charge in [0.05, 0.1) is 18.8 Å². The smallest absolute Gasteiger partial charge is 0.220 e. The van der Waals surface area contributed by atoms with Crippen LogP contribution < -0.4 is 5.32 Å². The van der Waals surface area contributed by atoms with Crippen LogP contribution in [0.15, 0.2) is 182 Å². The lowest BCUT2D eigenvalue weighted by Gasteiger charge is -2.19. The van der Waals surface area contributed by atoms with Gasteiger partial charge < -0.3 is 15.5 Å². The van der Waals surface area contributed by atoms with Crippen LogP contribution in [-0.4, -0.2) is 34.9 Å². The van der Waals surface area contributed by atoms with Crippen LogP contribution in [0.4, 0.5) is 0 Å². The van der Waals surface area contributed by atoms with E-state index in [1.807, 2.05) is 6.08 Å². The zero-order valence-corrected chi connectivity index (χ0v) is 54.6. The van der Waals surface area contributed by atoms with Gasteiger partial charge in [-0.05, 0) is 135 Å². The van der Waals surface area contributed by atoms with Gasteiger partial charge in [-0.1, -0.05) is 337 Å². The van der Waals surface area contributed by atoms with E-state index in [-0.39, 0.29) is 12.5 Å². The molecule has 474 valence electrons. The molecular weight excluding hydrogens is 1020 g/mol. The van der Waals surface area contributed by atoms with E-state index < -0.39 is 12.1 Å². The quantitative estimate of drug-likeness (QED) is 0.0420. The van der Waals surface area contributed by atoms with Crippen LogP contribution in [0.2, 0.25) is 0 Å². The number of aliphatic hydroxyl groups is 2. The van der Waals surface area contributed by atoms with Gasteiger partial charge in [0.25, 0.3) is 0 Å². The van der Waals surface area contributed by atoms with Crippen molar-refractivity contribution >= 4 is 5.91 Å². The lowest BCUT2D eigenvalue weighted by Crippen LogP contribution is -2.45. The van der Waals surface area contributed by atoms with Crippen molar-refractivity contribution in [2.75, 3.05) is 6.61 Å². The fraction of sp³-hybridized carbons (Fsp3) is 0.613. The molecule has 0 radical (unpaired) electrons. The van der Waals surface area contributed by atoms with Gasteiger partial charge in [0.1, 0.15) is 0 Å². The largest absolute Gasteiger partial charge is 0.394 e. The number of unbranched alkanes of at least 4 members (excludes halogenated alkanes) is 27. The van der Waals surface area contributed by atoms with Crippen molar-refractivity contribution in [3.8, 4) is 0 Å². The molecule has 0 aliphatic heterocycles. The van der Waals surface area contributed by atoms with Crippen molar-refractivity contribution in [2.24, 2.45) is 0 Å². The van der Waals surface area contributed by atoms with E-state index >= 15 is 0 Å². The molecule has 0 saturated carbocycles. The average Bonchev–Trinajstić information content (AvgIpc) is 3.51. The predicted molar refractivity (Wildman–Crippen MR) is 377 cm³/mol. The number of allylic oxidation sites excluding steroid dienone is 29. The highest BCUT2D eigenvalue weighted by molar-refractivity contribution is 5.76. The van der Waals surface area contributed by atoms with Crippen molar-refractivity contribution in [3.63, 3.8) is 0 Å². The zero-order valence-electron chi connectivity index (χ0n) is 54.6. The molecule has 0 saturated heterocycles. The number of hydrogen-bond donors (Lipinski definition) is 3. The van der Waals surface area contributed by atoms with E-state index in [0.29, 0.717) is 6.42 Å². The first-order valence-electron chi connectivity index (χ1n) is 35.0. The Labute approximate surface area is 521 Å². The molecule has 0 aromatic rings. The molecule has 0 aliphatic rings. The van der Waals surface area contributed by atoms with Gasteiger partial charge in [-0.25, -0.2) is 0 Å².